The minimum Gasteiger partial charge on any atom is -0.477 e. The number of hydrogen-bond acceptors (Lipinski definition) is 14. The lowest BCUT2D eigenvalue weighted by molar-refractivity contribution is -0.188. The Labute approximate surface area is 416 Å². The summed E-state index contributed by atoms with van der Waals surface area (Å²) in [5.74, 6) is 1.87. The van der Waals surface area contributed by atoms with Gasteiger partial charge in [0.25, 0.3) is 0 Å². The number of hydrogen-bond donors (Lipinski definition) is 2. The molecule has 9 atom stereocenters. The van der Waals surface area contributed by atoms with Crippen LogP contribution in [0.5, 0.6) is 23.0 Å². The minimum atomic E-state index is -1.10. The number of halogens is 2. The summed E-state index contributed by atoms with van der Waals surface area (Å²) in [7, 11) is 0. The molecule has 4 aliphatic heterocycles. The fourth-order valence-corrected chi connectivity index (χ4v) is 19.6. The van der Waals surface area contributed by atoms with Crippen molar-refractivity contribution >= 4 is 78.8 Å². The van der Waals surface area contributed by atoms with Crippen LogP contribution in [0.25, 0.3) is 9.40 Å². The highest BCUT2D eigenvalue weighted by Gasteiger charge is 2.83. The molecule has 2 aromatic carbocycles. The molecular formula is C53H52Cl2N2O10S2. The molecule has 16 heteroatoms. The van der Waals surface area contributed by atoms with Crippen LogP contribution >= 0.6 is 45.9 Å². The van der Waals surface area contributed by atoms with E-state index in [0.29, 0.717) is 78.3 Å². The van der Waals surface area contributed by atoms with E-state index in [0.717, 1.165) is 74.0 Å². The molecule has 5 saturated carbocycles. The van der Waals surface area contributed by atoms with Crippen LogP contribution in [0.15, 0.2) is 24.3 Å². The lowest BCUT2D eigenvalue weighted by Crippen LogP contribution is -2.76. The van der Waals surface area contributed by atoms with Gasteiger partial charge in [-0.15, -0.1) is 22.7 Å². The van der Waals surface area contributed by atoms with Crippen molar-refractivity contribution in [2.24, 2.45) is 17.3 Å². The van der Waals surface area contributed by atoms with Crippen LogP contribution < -0.4 is 18.9 Å². The van der Waals surface area contributed by atoms with Gasteiger partial charge in [0, 0.05) is 70.9 Å². The van der Waals surface area contributed by atoms with Crippen molar-refractivity contribution in [2.75, 3.05) is 26.2 Å². The molecule has 0 amide bonds. The molecule has 12 nitrogen and oxygen atoms in total. The maximum atomic E-state index is 13.6. The van der Waals surface area contributed by atoms with E-state index in [9.17, 15) is 29.4 Å². The molecule has 3 spiro atoms. The van der Waals surface area contributed by atoms with E-state index in [4.69, 9.17) is 42.1 Å². The largest absolute Gasteiger partial charge is 0.477 e. The summed E-state index contributed by atoms with van der Waals surface area (Å²) in [6.45, 7) is 3.70. The van der Waals surface area contributed by atoms with Crippen LogP contribution in [-0.2, 0) is 55.7 Å². The fourth-order valence-electron chi connectivity index (χ4n) is 16.1. The quantitative estimate of drug-likeness (QED) is 0.106. The Kier molecular flexibility index (Phi) is 8.94. The highest BCUT2D eigenvalue weighted by Crippen LogP contribution is 2.75. The van der Waals surface area contributed by atoms with Crippen LogP contribution in [-0.4, -0.2) is 105 Å². The van der Waals surface area contributed by atoms with Crippen molar-refractivity contribution < 1.29 is 48.3 Å². The molecule has 2 N–H and O–H groups in total. The van der Waals surface area contributed by atoms with Crippen LogP contribution in [0.3, 0.4) is 0 Å². The number of rotatable bonds is 12. The number of fused-ring (bicyclic) bond motifs is 2. The molecule has 15 rings (SSSR count). The molecule has 7 aliphatic carbocycles. The third-order valence-corrected chi connectivity index (χ3v) is 23.0. The smallest absolute Gasteiger partial charge is 0.311 e. The standard InChI is InChI=1S/C53H52Cl2N2O10S2/c54-40-33(9-11-36(60)64-31-7-5-27-19-35-52(62)15-13-29(58)46-50(52,38(27)42(31)66-46)17-18-56(35)21-25-1-2-25)68-45-41(55)34(69-44(40)45)10-12-37(61)65-32-8-6-28-20-49-23-51-39(28)43(32)67-47(51)30(59)14-16-53(51,63)48(49)57(24-49)22-26-3-4-26/h5-8,25-26,35,46-48,62-63H,1-4,9-24H2/t35-,46+,47+,48-,49?,50+,51+,52?,53-/m1/s1. The number of esters is 2. The zero-order valence-corrected chi connectivity index (χ0v) is 41.2. The Hall–Kier alpha value is -3.60. The molecule has 7 fully saturated rings. The monoisotopic (exact) mass is 1010 g/mol. The molecule has 2 aromatic heterocycles. The summed E-state index contributed by atoms with van der Waals surface area (Å²) >= 11 is 16.8. The Morgan fingerprint density at radius 2 is 1.28 bits per heavy atom. The highest BCUT2D eigenvalue weighted by atomic mass is 35.5. The van der Waals surface area contributed by atoms with Crippen molar-refractivity contribution in [2.45, 2.75) is 149 Å². The summed E-state index contributed by atoms with van der Waals surface area (Å²) in [6.07, 6.45) is 8.24. The maximum Gasteiger partial charge on any atom is 0.311 e. The van der Waals surface area contributed by atoms with Gasteiger partial charge in [0.1, 0.15) is 0 Å². The van der Waals surface area contributed by atoms with Crippen molar-refractivity contribution in [1.29, 1.82) is 0 Å². The third-order valence-electron chi connectivity index (χ3n) is 19.1. The van der Waals surface area contributed by atoms with Gasteiger partial charge in [-0.05, 0) is 119 Å². The van der Waals surface area contributed by atoms with Crippen molar-refractivity contribution in [3.8, 4) is 23.0 Å². The molecule has 6 heterocycles. The molecular weight excluding hydrogens is 960 g/mol. The Balaban J connectivity index is 0.624. The number of aliphatic hydroxyl groups is 2. The first-order valence-corrected chi connectivity index (χ1v) is 27.6. The summed E-state index contributed by atoms with van der Waals surface area (Å²) in [5, 5.41) is 26.5. The van der Waals surface area contributed by atoms with E-state index in [-0.39, 0.29) is 66.2 Å². The molecule has 0 radical (unpaired) electrons. The number of aryl methyl sites for hydroxylation is 2. The number of thiophene rings is 2. The first kappa shape index (κ1) is 43.0. The van der Waals surface area contributed by atoms with Crippen molar-refractivity contribution in [3.63, 3.8) is 0 Å². The van der Waals surface area contributed by atoms with Gasteiger partial charge in [-0.3, -0.25) is 29.0 Å². The van der Waals surface area contributed by atoms with Gasteiger partial charge in [0.15, 0.2) is 46.8 Å². The van der Waals surface area contributed by atoms with Gasteiger partial charge in [-0.1, -0.05) is 35.3 Å². The second-order valence-electron chi connectivity index (χ2n) is 22.8. The molecule has 4 aromatic rings. The Bertz CT molecular complexity index is 3040. The average molecular weight is 1010 g/mol. The van der Waals surface area contributed by atoms with Gasteiger partial charge >= 0.3 is 11.9 Å². The molecule has 2 unspecified atom stereocenters. The maximum absolute atomic E-state index is 13.6. The van der Waals surface area contributed by atoms with Crippen LogP contribution in [0.4, 0.5) is 0 Å². The minimum absolute atomic E-state index is 0.00681. The number of carbonyl (C=O) groups excluding carboxylic acids is 4. The number of ether oxygens (including phenoxy) is 4. The molecule has 2 saturated heterocycles. The molecule has 69 heavy (non-hydrogen) atoms. The zero-order valence-electron chi connectivity index (χ0n) is 38.0. The summed E-state index contributed by atoms with van der Waals surface area (Å²) in [5.41, 5.74) is -0.0983. The number of nitrogens with zero attached hydrogens (tertiary/aromatic N) is 2. The molecule has 360 valence electrons. The van der Waals surface area contributed by atoms with E-state index in [2.05, 4.69) is 9.80 Å². The van der Waals surface area contributed by atoms with Gasteiger partial charge in [-0.2, -0.15) is 0 Å². The van der Waals surface area contributed by atoms with Crippen molar-refractivity contribution in [3.05, 3.63) is 66.3 Å². The van der Waals surface area contributed by atoms with E-state index < -0.39 is 46.2 Å². The van der Waals surface area contributed by atoms with Crippen LogP contribution in [0.2, 0.25) is 10.0 Å². The second kappa shape index (κ2) is 14.3. The first-order valence-electron chi connectivity index (χ1n) is 25.2. The van der Waals surface area contributed by atoms with E-state index >= 15 is 0 Å². The number of ketones is 2. The van der Waals surface area contributed by atoms with E-state index in [1.54, 1.807) is 12.1 Å². The predicted molar refractivity (Wildman–Crippen MR) is 256 cm³/mol. The number of carbonyl (C=O) groups is 4. The normalized spacial score (nSPS) is 36.1. The van der Waals surface area contributed by atoms with Crippen LogP contribution in [0, 0.1) is 17.3 Å². The lowest BCUT2D eigenvalue weighted by Gasteiger charge is -2.62. The molecule has 4 bridgehead atoms. The van der Waals surface area contributed by atoms with Crippen LogP contribution in [0.1, 0.15) is 109 Å². The fraction of sp³-hybridized carbons (Fsp3) is 0.585. The van der Waals surface area contributed by atoms with E-state index in [1.165, 1.54) is 48.4 Å². The molecule has 11 aliphatic rings. The van der Waals surface area contributed by atoms with Crippen molar-refractivity contribution in [1.82, 2.24) is 9.80 Å². The number of benzene rings is 2. The van der Waals surface area contributed by atoms with Gasteiger partial charge < -0.3 is 29.2 Å². The Morgan fingerprint density at radius 3 is 1.88 bits per heavy atom. The SMILES string of the molecule is O=C(CCc1sc2c(Cl)c(CCC(=O)Oc3ccc4c5c3O[C@H]3C(=O)CC[C@@]6(O)[C@@H]7N(CC8CC8)CC7(C4)C[C@]536)sc2c1Cl)Oc1ccc2c3c1O[C@H]1C(=O)CCC4(O)[C@@H](C2)N(CC2CC2)CC[C@]314. The number of likely N-dealkylation sites (tertiary alicyclic amines) is 2. The number of piperidine rings is 1. The summed E-state index contributed by atoms with van der Waals surface area (Å²) < 4.78 is 26.7. The lowest BCUT2D eigenvalue weighted by atomic mass is 9.49. The first-order chi connectivity index (χ1) is 33.2. The van der Waals surface area contributed by atoms with Gasteiger partial charge in [0.2, 0.25) is 0 Å². The van der Waals surface area contributed by atoms with Gasteiger partial charge in [-0.25, -0.2) is 0 Å². The van der Waals surface area contributed by atoms with Gasteiger partial charge in [0.05, 0.1) is 54.3 Å². The number of Topliss-reactive ketones (excluding diaryl/α,β-unsaturated/α-hetero) is 2. The third kappa shape index (κ3) is 5.56. The zero-order chi connectivity index (χ0) is 46.7. The topological polar surface area (TPSA) is 152 Å². The van der Waals surface area contributed by atoms with E-state index in [1.807, 2.05) is 12.1 Å². The Morgan fingerprint density at radius 1 is 0.725 bits per heavy atom. The summed E-state index contributed by atoms with van der Waals surface area (Å²) in [4.78, 5) is 60.9. The summed E-state index contributed by atoms with van der Waals surface area (Å²) in [6, 6.07) is 7.48. The highest BCUT2D eigenvalue weighted by molar-refractivity contribution is 7.29. The predicted octanol–water partition coefficient (Wildman–Crippen LogP) is 7.61. The second-order valence-corrected chi connectivity index (χ2v) is 25.7. The average Bonchev–Trinajstić information content (AvgIpc) is 4.18.